The molecule has 0 bridgehead atoms. The van der Waals surface area contributed by atoms with E-state index in [-0.39, 0.29) is 0 Å². The van der Waals surface area contributed by atoms with E-state index in [0.717, 1.165) is 36.8 Å². The summed E-state index contributed by atoms with van der Waals surface area (Å²) in [5.74, 6) is 1.80. The fourth-order valence-electron chi connectivity index (χ4n) is 1.68. The number of nitrogens with zero attached hydrogens (tertiary/aromatic N) is 2. The Morgan fingerprint density at radius 3 is 2.56 bits per heavy atom. The van der Waals surface area contributed by atoms with Gasteiger partial charge in [-0.25, -0.2) is 4.98 Å². The Labute approximate surface area is 107 Å². The van der Waals surface area contributed by atoms with Crippen LogP contribution in [0.15, 0.2) is 42.6 Å². The molecule has 94 valence electrons. The van der Waals surface area contributed by atoms with Gasteiger partial charge in [0.25, 0.3) is 0 Å². The standard InChI is InChI=1S/C14H18N4/c1-2-15-13-7-5-8-14(18-13)17-11-9-12-6-3-4-10-16-12/h3-8,10H,2,9,11H2,1H3,(H2,15,17,18). The largest absolute Gasteiger partial charge is 0.370 e. The highest BCUT2D eigenvalue weighted by Crippen LogP contribution is 2.08. The highest BCUT2D eigenvalue weighted by molar-refractivity contribution is 5.44. The Morgan fingerprint density at radius 1 is 1.00 bits per heavy atom. The van der Waals surface area contributed by atoms with Crippen molar-refractivity contribution in [3.63, 3.8) is 0 Å². The minimum absolute atomic E-state index is 0.833. The van der Waals surface area contributed by atoms with Crippen LogP contribution < -0.4 is 10.6 Å². The lowest BCUT2D eigenvalue weighted by atomic mass is 10.3. The molecule has 0 saturated heterocycles. The Balaban J connectivity index is 1.84. The van der Waals surface area contributed by atoms with Crippen LogP contribution in [0.3, 0.4) is 0 Å². The highest BCUT2D eigenvalue weighted by atomic mass is 15.1. The molecule has 0 saturated carbocycles. The summed E-state index contributed by atoms with van der Waals surface area (Å²) in [5.41, 5.74) is 1.09. The summed E-state index contributed by atoms with van der Waals surface area (Å²) >= 11 is 0. The van der Waals surface area contributed by atoms with Crippen molar-refractivity contribution in [2.24, 2.45) is 0 Å². The molecule has 0 aliphatic rings. The summed E-state index contributed by atoms with van der Waals surface area (Å²) in [6.45, 7) is 3.77. The zero-order valence-corrected chi connectivity index (χ0v) is 10.6. The quantitative estimate of drug-likeness (QED) is 0.817. The fourth-order valence-corrected chi connectivity index (χ4v) is 1.68. The van der Waals surface area contributed by atoms with Crippen molar-refractivity contribution >= 4 is 11.6 Å². The molecule has 0 aliphatic heterocycles. The maximum atomic E-state index is 4.45. The van der Waals surface area contributed by atoms with Gasteiger partial charge >= 0.3 is 0 Å². The molecular weight excluding hydrogens is 224 g/mol. The second-order valence-electron chi connectivity index (χ2n) is 3.94. The van der Waals surface area contributed by atoms with Gasteiger partial charge in [0, 0.05) is 31.4 Å². The second-order valence-corrected chi connectivity index (χ2v) is 3.94. The number of hydrogen-bond donors (Lipinski definition) is 2. The van der Waals surface area contributed by atoms with Gasteiger partial charge < -0.3 is 10.6 Å². The van der Waals surface area contributed by atoms with Gasteiger partial charge in [0.05, 0.1) is 0 Å². The summed E-state index contributed by atoms with van der Waals surface area (Å²) in [4.78, 5) is 8.74. The molecule has 2 rings (SSSR count). The van der Waals surface area contributed by atoms with Gasteiger partial charge in [-0.15, -0.1) is 0 Å². The van der Waals surface area contributed by atoms with E-state index in [0.29, 0.717) is 0 Å². The lowest BCUT2D eigenvalue weighted by Gasteiger charge is -2.07. The van der Waals surface area contributed by atoms with Crippen molar-refractivity contribution in [3.8, 4) is 0 Å². The summed E-state index contributed by atoms with van der Waals surface area (Å²) in [7, 11) is 0. The van der Waals surface area contributed by atoms with E-state index in [4.69, 9.17) is 0 Å². The monoisotopic (exact) mass is 242 g/mol. The van der Waals surface area contributed by atoms with Crippen LogP contribution in [0, 0.1) is 0 Å². The van der Waals surface area contributed by atoms with E-state index in [1.165, 1.54) is 0 Å². The molecule has 0 aromatic carbocycles. The Morgan fingerprint density at radius 2 is 1.83 bits per heavy atom. The van der Waals surface area contributed by atoms with Gasteiger partial charge in [-0.05, 0) is 31.2 Å². The topological polar surface area (TPSA) is 49.8 Å². The maximum Gasteiger partial charge on any atom is 0.128 e. The minimum Gasteiger partial charge on any atom is -0.370 e. The van der Waals surface area contributed by atoms with Gasteiger partial charge in [-0.3, -0.25) is 4.98 Å². The van der Waals surface area contributed by atoms with Crippen LogP contribution in [0.2, 0.25) is 0 Å². The lowest BCUT2D eigenvalue weighted by molar-refractivity contribution is 0.953. The number of nitrogens with one attached hydrogen (secondary N) is 2. The van der Waals surface area contributed by atoms with Crippen LogP contribution in [0.5, 0.6) is 0 Å². The van der Waals surface area contributed by atoms with E-state index >= 15 is 0 Å². The highest BCUT2D eigenvalue weighted by Gasteiger charge is 1.97. The van der Waals surface area contributed by atoms with E-state index < -0.39 is 0 Å². The second kappa shape index (κ2) is 6.59. The van der Waals surface area contributed by atoms with E-state index in [2.05, 4.69) is 27.5 Å². The predicted octanol–water partition coefficient (Wildman–Crippen LogP) is 2.56. The number of anilines is 2. The van der Waals surface area contributed by atoms with Gasteiger partial charge in [-0.2, -0.15) is 0 Å². The van der Waals surface area contributed by atoms with E-state index in [9.17, 15) is 0 Å². The van der Waals surface area contributed by atoms with Crippen LogP contribution in [0.25, 0.3) is 0 Å². The van der Waals surface area contributed by atoms with Gasteiger partial charge in [0.2, 0.25) is 0 Å². The fraction of sp³-hybridized carbons (Fsp3) is 0.286. The van der Waals surface area contributed by atoms with Crippen LogP contribution >= 0.6 is 0 Å². The molecule has 0 radical (unpaired) electrons. The molecule has 2 aromatic heterocycles. The number of rotatable bonds is 6. The first-order chi connectivity index (χ1) is 8.88. The molecule has 0 atom stereocenters. The summed E-state index contributed by atoms with van der Waals surface area (Å²) < 4.78 is 0. The zero-order chi connectivity index (χ0) is 12.6. The van der Waals surface area contributed by atoms with Crippen LogP contribution in [0.1, 0.15) is 12.6 Å². The van der Waals surface area contributed by atoms with Crippen molar-refractivity contribution in [1.82, 2.24) is 9.97 Å². The minimum atomic E-state index is 0.833. The molecule has 0 unspecified atom stereocenters. The third kappa shape index (κ3) is 3.73. The molecule has 4 nitrogen and oxygen atoms in total. The maximum absolute atomic E-state index is 4.45. The smallest absolute Gasteiger partial charge is 0.128 e. The first-order valence-corrected chi connectivity index (χ1v) is 6.23. The summed E-state index contributed by atoms with van der Waals surface area (Å²) in [5, 5.41) is 6.49. The molecule has 2 aromatic rings. The molecule has 0 fully saturated rings. The van der Waals surface area contributed by atoms with E-state index in [1.807, 2.05) is 42.6 Å². The van der Waals surface area contributed by atoms with Gasteiger partial charge in [0.1, 0.15) is 11.6 Å². The summed E-state index contributed by atoms with van der Waals surface area (Å²) in [6, 6.07) is 11.9. The predicted molar refractivity (Wildman–Crippen MR) is 74.8 cm³/mol. The molecule has 2 heterocycles. The zero-order valence-electron chi connectivity index (χ0n) is 10.6. The average Bonchev–Trinajstić information content (AvgIpc) is 2.41. The van der Waals surface area contributed by atoms with Crippen molar-refractivity contribution in [2.45, 2.75) is 13.3 Å². The van der Waals surface area contributed by atoms with Crippen LogP contribution in [-0.2, 0) is 6.42 Å². The van der Waals surface area contributed by atoms with Crippen molar-refractivity contribution in [2.75, 3.05) is 23.7 Å². The number of aromatic nitrogens is 2. The normalized spacial score (nSPS) is 10.1. The Bertz CT molecular complexity index is 470. The lowest BCUT2D eigenvalue weighted by Crippen LogP contribution is -2.08. The van der Waals surface area contributed by atoms with Crippen molar-refractivity contribution in [3.05, 3.63) is 48.3 Å². The summed E-state index contributed by atoms with van der Waals surface area (Å²) in [6.07, 6.45) is 2.72. The molecular formula is C14H18N4. The molecule has 2 N–H and O–H groups in total. The van der Waals surface area contributed by atoms with Crippen LogP contribution in [-0.4, -0.2) is 23.1 Å². The third-order valence-corrected chi connectivity index (χ3v) is 2.52. The Hall–Kier alpha value is -2.10. The molecule has 0 aliphatic carbocycles. The molecule has 4 heteroatoms. The first kappa shape index (κ1) is 12.4. The molecule has 0 amide bonds. The average molecular weight is 242 g/mol. The SMILES string of the molecule is CCNc1cccc(NCCc2ccccn2)n1. The van der Waals surface area contributed by atoms with E-state index in [1.54, 1.807) is 0 Å². The number of hydrogen-bond acceptors (Lipinski definition) is 4. The molecule has 18 heavy (non-hydrogen) atoms. The van der Waals surface area contributed by atoms with Crippen molar-refractivity contribution in [1.29, 1.82) is 0 Å². The van der Waals surface area contributed by atoms with Gasteiger partial charge in [0.15, 0.2) is 0 Å². The number of pyridine rings is 2. The van der Waals surface area contributed by atoms with Crippen molar-refractivity contribution < 1.29 is 0 Å². The van der Waals surface area contributed by atoms with Gasteiger partial charge in [-0.1, -0.05) is 12.1 Å². The van der Waals surface area contributed by atoms with Crippen LogP contribution in [0.4, 0.5) is 11.6 Å². The Kier molecular flexibility index (Phi) is 4.53. The first-order valence-electron chi connectivity index (χ1n) is 6.23. The third-order valence-electron chi connectivity index (χ3n) is 2.52. The molecule has 0 spiro atoms.